The molecule has 0 bridgehead atoms. The van der Waals surface area contributed by atoms with Crippen molar-refractivity contribution in [3.63, 3.8) is 0 Å². The third kappa shape index (κ3) is 4.24. The molecule has 5 heteroatoms. The molecule has 0 unspecified atom stereocenters. The molecule has 0 saturated carbocycles. The molecule has 0 radical (unpaired) electrons. The Balaban J connectivity index is 2.10. The van der Waals surface area contributed by atoms with Crippen LogP contribution in [-0.4, -0.2) is 17.4 Å². The van der Waals surface area contributed by atoms with Gasteiger partial charge in [-0.25, -0.2) is 9.07 Å². The Labute approximate surface area is 156 Å². The third-order valence-corrected chi connectivity index (χ3v) is 4.54. The van der Waals surface area contributed by atoms with Gasteiger partial charge >= 0.3 is 0 Å². The van der Waals surface area contributed by atoms with Crippen LogP contribution in [0, 0.1) is 12.7 Å². The fraction of sp³-hybridized carbons (Fsp3) is 0.143. The molecule has 0 spiro atoms. The summed E-state index contributed by atoms with van der Waals surface area (Å²) in [5, 5.41) is 6.46. The van der Waals surface area contributed by atoms with E-state index < -0.39 is 0 Å². The van der Waals surface area contributed by atoms with Crippen LogP contribution in [0.5, 0.6) is 0 Å². The number of hydrogen-bond acceptors (Lipinski definition) is 3. The summed E-state index contributed by atoms with van der Waals surface area (Å²) >= 11 is 1.43. The van der Waals surface area contributed by atoms with Gasteiger partial charge in [0.1, 0.15) is 5.82 Å². The maximum Gasteiger partial charge on any atom is 0.206 e. The first-order valence-corrected chi connectivity index (χ1v) is 9.14. The van der Waals surface area contributed by atoms with Gasteiger partial charge in [0.15, 0.2) is 0 Å². The van der Waals surface area contributed by atoms with E-state index in [4.69, 9.17) is 0 Å². The average molecular weight is 365 g/mol. The minimum absolute atomic E-state index is 0.281. The van der Waals surface area contributed by atoms with E-state index in [2.05, 4.69) is 16.7 Å². The topological polar surface area (TPSA) is 29.6 Å². The van der Waals surface area contributed by atoms with Gasteiger partial charge in [-0.15, -0.1) is 11.3 Å². The van der Waals surface area contributed by atoms with Crippen molar-refractivity contribution in [3.05, 3.63) is 87.8 Å². The number of nitrogens with zero attached hydrogens (tertiary/aromatic N) is 3. The lowest BCUT2D eigenvalue weighted by atomic mass is 10.1. The lowest BCUT2D eigenvalue weighted by Gasteiger charge is -2.05. The first-order chi connectivity index (χ1) is 12.5. The first kappa shape index (κ1) is 18.0. The van der Waals surface area contributed by atoms with E-state index >= 15 is 0 Å². The van der Waals surface area contributed by atoms with Crippen LogP contribution in [0.2, 0.25) is 0 Å². The first-order valence-electron chi connectivity index (χ1n) is 8.26. The standard InChI is InChI=1S/C21H20FN3S/c1-15(2)12-23-21-25(24-13-17-8-6-7-16(3)11-17)20(14-26-21)18-9-4-5-10-19(18)22/h4-11,13-14H,1,12H2,2-3H3. The Hall–Kier alpha value is -2.79. The highest BCUT2D eigenvalue weighted by Crippen LogP contribution is 2.23. The van der Waals surface area contributed by atoms with Gasteiger partial charge in [0.2, 0.25) is 4.80 Å². The minimum Gasteiger partial charge on any atom is -0.253 e. The molecule has 3 nitrogen and oxygen atoms in total. The van der Waals surface area contributed by atoms with Crippen LogP contribution in [0.4, 0.5) is 4.39 Å². The molecule has 3 rings (SSSR count). The normalized spacial score (nSPS) is 12.0. The van der Waals surface area contributed by atoms with Gasteiger partial charge in [-0.2, -0.15) is 5.10 Å². The van der Waals surface area contributed by atoms with E-state index in [-0.39, 0.29) is 5.82 Å². The van der Waals surface area contributed by atoms with Crippen molar-refractivity contribution < 1.29 is 4.39 Å². The zero-order chi connectivity index (χ0) is 18.5. The van der Waals surface area contributed by atoms with E-state index in [1.165, 1.54) is 17.4 Å². The van der Waals surface area contributed by atoms with Gasteiger partial charge in [-0.1, -0.05) is 54.1 Å². The molecule has 2 aromatic carbocycles. The second kappa shape index (κ2) is 8.06. The van der Waals surface area contributed by atoms with Crippen molar-refractivity contribution in [2.75, 3.05) is 6.54 Å². The molecule has 0 aliphatic rings. The molecule has 0 atom stereocenters. The van der Waals surface area contributed by atoms with E-state index in [1.54, 1.807) is 23.0 Å². The molecule has 0 aliphatic carbocycles. The molecule has 3 aromatic rings. The summed E-state index contributed by atoms with van der Waals surface area (Å²) in [7, 11) is 0. The Morgan fingerprint density at radius 1 is 1.23 bits per heavy atom. The highest BCUT2D eigenvalue weighted by atomic mass is 32.1. The number of aryl methyl sites for hydroxylation is 1. The highest BCUT2D eigenvalue weighted by Gasteiger charge is 2.11. The summed E-state index contributed by atoms with van der Waals surface area (Å²) < 4.78 is 16.0. The molecule has 132 valence electrons. The quantitative estimate of drug-likeness (QED) is 0.449. The predicted octanol–water partition coefficient (Wildman–Crippen LogP) is 5.02. The molecule has 1 aromatic heterocycles. The van der Waals surface area contributed by atoms with Crippen LogP contribution in [0.3, 0.4) is 0 Å². The Kier molecular flexibility index (Phi) is 5.58. The summed E-state index contributed by atoms with van der Waals surface area (Å²) in [4.78, 5) is 5.26. The SMILES string of the molecule is C=C(C)CN=c1scc(-c2ccccc2F)n1N=Cc1cccc(C)c1. The fourth-order valence-corrected chi connectivity index (χ4v) is 3.28. The zero-order valence-electron chi connectivity index (χ0n) is 14.8. The second-order valence-corrected chi connectivity index (χ2v) is 6.96. The fourth-order valence-electron chi connectivity index (χ4n) is 2.45. The monoisotopic (exact) mass is 365 g/mol. The largest absolute Gasteiger partial charge is 0.253 e. The summed E-state index contributed by atoms with van der Waals surface area (Å²) in [6, 6.07) is 14.7. The van der Waals surface area contributed by atoms with Crippen LogP contribution in [-0.2, 0) is 0 Å². The van der Waals surface area contributed by atoms with Crippen molar-refractivity contribution in [2.45, 2.75) is 13.8 Å². The molecule has 0 N–H and O–H groups in total. The zero-order valence-corrected chi connectivity index (χ0v) is 15.6. The molecular weight excluding hydrogens is 345 g/mol. The van der Waals surface area contributed by atoms with Crippen LogP contribution >= 0.6 is 11.3 Å². The smallest absolute Gasteiger partial charge is 0.206 e. The number of benzene rings is 2. The number of thiazole rings is 1. The number of aromatic nitrogens is 1. The average Bonchev–Trinajstić information content (AvgIpc) is 3.01. The van der Waals surface area contributed by atoms with Crippen molar-refractivity contribution >= 4 is 17.6 Å². The Morgan fingerprint density at radius 2 is 2.04 bits per heavy atom. The number of hydrogen-bond donors (Lipinski definition) is 0. The predicted molar refractivity (Wildman–Crippen MR) is 107 cm³/mol. The molecule has 0 amide bonds. The van der Waals surface area contributed by atoms with E-state index in [0.717, 1.165) is 16.7 Å². The second-order valence-electron chi connectivity index (χ2n) is 6.13. The van der Waals surface area contributed by atoms with E-state index in [0.29, 0.717) is 22.6 Å². The number of halogens is 1. The van der Waals surface area contributed by atoms with Gasteiger partial charge in [-0.05, 0) is 31.5 Å². The Bertz CT molecular complexity index is 1030. The number of rotatable bonds is 5. The van der Waals surface area contributed by atoms with E-state index in [1.807, 2.05) is 49.6 Å². The van der Waals surface area contributed by atoms with Gasteiger partial charge in [-0.3, -0.25) is 4.99 Å². The lowest BCUT2D eigenvalue weighted by molar-refractivity contribution is 0.629. The van der Waals surface area contributed by atoms with Crippen LogP contribution in [0.25, 0.3) is 11.3 Å². The minimum atomic E-state index is -0.281. The van der Waals surface area contributed by atoms with Gasteiger partial charge in [0.05, 0.1) is 18.5 Å². The molecule has 0 saturated heterocycles. The maximum absolute atomic E-state index is 14.3. The summed E-state index contributed by atoms with van der Waals surface area (Å²) in [5.74, 6) is -0.281. The Morgan fingerprint density at radius 3 is 2.77 bits per heavy atom. The third-order valence-electron chi connectivity index (χ3n) is 3.68. The summed E-state index contributed by atoms with van der Waals surface area (Å²) in [5.41, 5.74) is 4.28. The van der Waals surface area contributed by atoms with Gasteiger partial charge < -0.3 is 0 Å². The van der Waals surface area contributed by atoms with Gasteiger partial charge in [0.25, 0.3) is 0 Å². The van der Waals surface area contributed by atoms with Crippen LogP contribution in [0.15, 0.2) is 76.2 Å². The molecular formula is C21H20FN3S. The molecule has 1 heterocycles. The highest BCUT2D eigenvalue weighted by molar-refractivity contribution is 7.07. The summed E-state index contributed by atoms with van der Waals surface area (Å²) in [6.07, 6.45) is 1.77. The molecule has 0 fully saturated rings. The lowest BCUT2D eigenvalue weighted by Crippen LogP contribution is -2.13. The van der Waals surface area contributed by atoms with Crippen LogP contribution < -0.4 is 4.80 Å². The van der Waals surface area contributed by atoms with Crippen LogP contribution in [0.1, 0.15) is 18.1 Å². The van der Waals surface area contributed by atoms with Gasteiger partial charge in [0, 0.05) is 10.9 Å². The summed E-state index contributed by atoms with van der Waals surface area (Å²) in [6.45, 7) is 8.36. The van der Waals surface area contributed by atoms with E-state index in [9.17, 15) is 4.39 Å². The van der Waals surface area contributed by atoms with Crippen molar-refractivity contribution in [1.82, 2.24) is 4.68 Å². The van der Waals surface area contributed by atoms with Crippen molar-refractivity contribution in [1.29, 1.82) is 0 Å². The van der Waals surface area contributed by atoms with Crippen molar-refractivity contribution in [2.24, 2.45) is 10.1 Å². The van der Waals surface area contributed by atoms with Crippen molar-refractivity contribution in [3.8, 4) is 11.3 Å². The maximum atomic E-state index is 14.3. The molecule has 26 heavy (non-hydrogen) atoms. The molecule has 0 aliphatic heterocycles.